The molecular weight excluding hydrogens is 536 g/mol. The molecule has 4 rings (SSSR count). The fourth-order valence-corrected chi connectivity index (χ4v) is 5.95. The van der Waals surface area contributed by atoms with Crippen LogP contribution in [0.15, 0.2) is 78.7 Å². The van der Waals surface area contributed by atoms with E-state index in [1.807, 2.05) is 74.5 Å². The van der Waals surface area contributed by atoms with E-state index in [0.717, 1.165) is 24.0 Å². The minimum Gasteiger partial charge on any atom is -0.464 e. The number of hydrogen-bond donors (Lipinski definition) is 2. The normalized spacial score (nSPS) is 16.6. The van der Waals surface area contributed by atoms with Gasteiger partial charge in [-0.05, 0) is 44.2 Å². The van der Waals surface area contributed by atoms with Crippen LogP contribution < -0.4 is 10.6 Å². The average Bonchev–Trinajstić information content (AvgIpc) is 3.67. The van der Waals surface area contributed by atoms with Gasteiger partial charge >= 0.3 is 5.97 Å². The van der Waals surface area contributed by atoms with E-state index in [1.54, 1.807) is 16.4 Å². The van der Waals surface area contributed by atoms with Crippen LogP contribution in [0.5, 0.6) is 0 Å². The zero-order valence-corrected chi connectivity index (χ0v) is 24.7. The summed E-state index contributed by atoms with van der Waals surface area (Å²) in [4.78, 5) is 46.3. The van der Waals surface area contributed by atoms with E-state index in [9.17, 15) is 14.4 Å². The monoisotopic (exact) mass is 574 g/mol. The van der Waals surface area contributed by atoms with Gasteiger partial charge in [-0.1, -0.05) is 66.7 Å². The van der Waals surface area contributed by atoms with E-state index in [0.29, 0.717) is 24.4 Å². The summed E-state index contributed by atoms with van der Waals surface area (Å²) in [5.41, 5.74) is 1.69. The van der Waals surface area contributed by atoms with Crippen LogP contribution in [0.1, 0.15) is 59.4 Å². The van der Waals surface area contributed by atoms with Crippen LogP contribution in [0, 0.1) is 0 Å². The molecular formula is C32H38N4O4S. The van der Waals surface area contributed by atoms with Gasteiger partial charge in [-0.2, -0.15) is 0 Å². The minimum absolute atomic E-state index is 0.166. The number of thiazole rings is 1. The molecule has 8 nitrogen and oxygen atoms in total. The third kappa shape index (κ3) is 7.89. The molecule has 1 fully saturated rings. The van der Waals surface area contributed by atoms with Crippen LogP contribution in [0.3, 0.4) is 0 Å². The van der Waals surface area contributed by atoms with Crippen LogP contribution >= 0.6 is 11.3 Å². The molecule has 216 valence electrons. The maximum Gasteiger partial charge on any atom is 0.357 e. The van der Waals surface area contributed by atoms with Gasteiger partial charge in [0.2, 0.25) is 11.8 Å². The molecule has 1 aromatic heterocycles. The molecule has 0 saturated carbocycles. The number of benzene rings is 2. The molecule has 1 saturated heterocycles. The van der Waals surface area contributed by atoms with Gasteiger partial charge in [-0.25, -0.2) is 9.78 Å². The quantitative estimate of drug-likeness (QED) is 0.244. The molecule has 2 amide bonds. The lowest BCUT2D eigenvalue weighted by molar-refractivity contribution is -0.137. The van der Waals surface area contributed by atoms with Crippen molar-refractivity contribution < 1.29 is 19.1 Å². The summed E-state index contributed by atoms with van der Waals surface area (Å²) >= 11 is 1.34. The highest BCUT2D eigenvalue weighted by Gasteiger charge is 2.37. The summed E-state index contributed by atoms with van der Waals surface area (Å²) in [5, 5.41) is 8.86. The first kappa shape index (κ1) is 30.1. The topological polar surface area (TPSA) is 101 Å². The summed E-state index contributed by atoms with van der Waals surface area (Å²) in [7, 11) is 1.32. The Labute approximate surface area is 245 Å². The summed E-state index contributed by atoms with van der Waals surface area (Å²) in [6.07, 6.45) is 4.12. The Balaban J connectivity index is 1.59. The fourth-order valence-electron chi connectivity index (χ4n) is 5.02. The number of likely N-dealkylation sites (tertiary alicyclic amines) is 1. The van der Waals surface area contributed by atoms with Crippen LogP contribution in [0.4, 0.5) is 0 Å². The molecule has 3 atom stereocenters. The predicted octanol–water partition coefficient (Wildman–Crippen LogP) is 4.49. The lowest BCUT2D eigenvalue weighted by Gasteiger charge is -2.32. The number of ether oxygens (including phenoxy) is 1. The van der Waals surface area contributed by atoms with Crippen molar-refractivity contribution in [3.8, 4) is 0 Å². The number of amides is 2. The first-order chi connectivity index (χ1) is 19.7. The zero-order valence-electron chi connectivity index (χ0n) is 23.8. The number of esters is 1. The SMILES string of the molecule is C=CC(C)(C)N[C@@H](Cc1ccccc1)C(=O)N[C@@H](Cc1ccccc1)C(=O)N1CCCC1c1nc(C(=O)OC)cs1. The van der Waals surface area contributed by atoms with Crippen molar-refractivity contribution in [2.24, 2.45) is 0 Å². The molecule has 9 heteroatoms. The minimum atomic E-state index is -0.780. The van der Waals surface area contributed by atoms with Gasteiger partial charge in [0.15, 0.2) is 5.69 Å². The summed E-state index contributed by atoms with van der Waals surface area (Å²) in [6.45, 7) is 8.39. The van der Waals surface area contributed by atoms with E-state index in [2.05, 4.69) is 22.2 Å². The number of carbonyl (C=O) groups excluding carboxylic acids is 3. The molecule has 3 aromatic rings. The Morgan fingerprint density at radius 2 is 1.68 bits per heavy atom. The fraction of sp³-hybridized carbons (Fsp3) is 0.375. The number of methoxy groups -OCH3 is 1. The Kier molecular flexibility index (Phi) is 10.1. The van der Waals surface area contributed by atoms with Gasteiger partial charge in [-0.3, -0.25) is 14.9 Å². The highest BCUT2D eigenvalue weighted by Crippen LogP contribution is 2.34. The van der Waals surface area contributed by atoms with Gasteiger partial charge in [0.05, 0.1) is 19.2 Å². The molecule has 0 radical (unpaired) electrons. The first-order valence-electron chi connectivity index (χ1n) is 13.8. The van der Waals surface area contributed by atoms with Crippen molar-refractivity contribution in [1.82, 2.24) is 20.5 Å². The number of rotatable bonds is 12. The number of nitrogens with one attached hydrogen (secondary N) is 2. The molecule has 41 heavy (non-hydrogen) atoms. The summed E-state index contributed by atoms with van der Waals surface area (Å²) < 4.78 is 4.81. The molecule has 1 aliphatic heterocycles. The summed E-state index contributed by atoms with van der Waals surface area (Å²) in [6, 6.07) is 17.9. The average molecular weight is 575 g/mol. The van der Waals surface area contributed by atoms with Crippen LogP contribution in [-0.4, -0.2) is 58.9 Å². The summed E-state index contributed by atoms with van der Waals surface area (Å²) in [5.74, 6) is -0.922. The van der Waals surface area contributed by atoms with Crippen molar-refractivity contribution in [1.29, 1.82) is 0 Å². The molecule has 0 bridgehead atoms. The second kappa shape index (κ2) is 13.7. The first-order valence-corrected chi connectivity index (χ1v) is 14.7. The molecule has 2 N–H and O–H groups in total. The predicted molar refractivity (Wildman–Crippen MR) is 161 cm³/mol. The standard InChI is InChI=1S/C32H38N4O4S/c1-5-32(2,3)35-24(19-22-13-8-6-9-14-22)28(37)33-25(20-23-15-10-7-11-16-23)30(38)36-18-12-17-27(36)29-34-26(21-41-29)31(39)40-4/h5-11,13-16,21,24-25,27,35H,1,12,17-20H2,2-4H3,(H,33,37)/t24-,25-,27?/m0/s1. The molecule has 0 spiro atoms. The lowest BCUT2D eigenvalue weighted by atomic mass is 9.98. The second-order valence-corrected chi connectivity index (χ2v) is 11.7. The molecule has 2 heterocycles. The Morgan fingerprint density at radius 1 is 1.07 bits per heavy atom. The smallest absolute Gasteiger partial charge is 0.357 e. The number of aromatic nitrogens is 1. The Morgan fingerprint density at radius 3 is 2.27 bits per heavy atom. The van der Waals surface area contributed by atoms with Gasteiger partial charge in [0.25, 0.3) is 0 Å². The number of nitrogens with zero attached hydrogens (tertiary/aromatic N) is 2. The van der Waals surface area contributed by atoms with Crippen molar-refractivity contribution in [2.75, 3.05) is 13.7 Å². The van der Waals surface area contributed by atoms with E-state index in [1.165, 1.54) is 18.4 Å². The lowest BCUT2D eigenvalue weighted by Crippen LogP contribution is -2.57. The van der Waals surface area contributed by atoms with Crippen molar-refractivity contribution in [3.63, 3.8) is 0 Å². The van der Waals surface area contributed by atoms with E-state index < -0.39 is 23.6 Å². The van der Waals surface area contributed by atoms with Crippen LogP contribution in [0.25, 0.3) is 0 Å². The molecule has 0 aliphatic carbocycles. The van der Waals surface area contributed by atoms with Crippen molar-refractivity contribution in [3.05, 3.63) is 101 Å². The van der Waals surface area contributed by atoms with Crippen molar-refractivity contribution >= 4 is 29.1 Å². The number of hydrogen-bond acceptors (Lipinski definition) is 7. The largest absolute Gasteiger partial charge is 0.464 e. The maximum atomic E-state index is 14.1. The number of carbonyl (C=O) groups is 3. The van der Waals surface area contributed by atoms with Crippen LogP contribution in [0.2, 0.25) is 0 Å². The third-order valence-electron chi connectivity index (χ3n) is 7.29. The highest BCUT2D eigenvalue weighted by molar-refractivity contribution is 7.09. The van der Waals surface area contributed by atoms with Gasteiger partial charge in [0, 0.05) is 23.9 Å². The van der Waals surface area contributed by atoms with E-state index in [-0.39, 0.29) is 23.6 Å². The molecule has 1 unspecified atom stereocenters. The van der Waals surface area contributed by atoms with E-state index in [4.69, 9.17) is 4.74 Å². The van der Waals surface area contributed by atoms with Gasteiger partial charge in [0.1, 0.15) is 11.0 Å². The second-order valence-electron chi connectivity index (χ2n) is 10.8. The van der Waals surface area contributed by atoms with Crippen LogP contribution in [-0.2, 0) is 27.2 Å². The van der Waals surface area contributed by atoms with E-state index >= 15 is 0 Å². The Bertz CT molecular complexity index is 1340. The maximum absolute atomic E-state index is 14.1. The zero-order chi connectivity index (χ0) is 29.4. The van der Waals surface area contributed by atoms with Gasteiger partial charge in [-0.15, -0.1) is 17.9 Å². The highest BCUT2D eigenvalue weighted by atomic mass is 32.1. The molecule has 1 aliphatic rings. The van der Waals surface area contributed by atoms with Crippen molar-refractivity contribution in [2.45, 2.75) is 63.2 Å². The van der Waals surface area contributed by atoms with Gasteiger partial charge < -0.3 is 15.0 Å². The Hall–Kier alpha value is -3.82. The third-order valence-corrected chi connectivity index (χ3v) is 8.24. The molecule has 2 aromatic carbocycles.